The molecule has 6 heteroatoms. The molecule has 1 aromatic carbocycles. The standard InChI is InChI=1S/C15H13Br2NO2S/c16-13-11-8-18(7-6-12(11)21-14(13)17)15(19)20-9-10-4-2-1-3-5-10/h1-5H,6-9H2. The molecule has 0 unspecified atom stereocenters. The first kappa shape index (κ1) is 15.1. The quantitative estimate of drug-likeness (QED) is 0.673. The monoisotopic (exact) mass is 429 g/mol. The lowest BCUT2D eigenvalue weighted by Gasteiger charge is -2.26. The van der Waals surface area contributed by atoms with Gasteiger partial charge < -0.3 is 9.64 Å². The Hall–Kier alpha value is -0.850. The number of nitrogens with zero attached hydrogens (tertiary/aromatic N) is 1. The van der Waals surface area contributed by atoms with Gasteiger partial charge in [0.2, 0.25) is 0 Å². The molecule has 21 heavy (non-hydrogen) atoms. The Morgan fingerprint density at radius 1 is 1.29 bits per heavy atom. The van der Waals surface area contributed by atoms with Gasteiger partial charge in [-0.25, -0.2) is 4.79 Å². The van der Waals surface area contributed by atoms with Crippen molar-refractivity contribution >= 4 is 49.3 Å². The van der Waals surface area contributed by atoms with Crippen LogP contribution in [-0.2, 0) is 24.3 Å². The number of hydrogen-bond acceptors (Lipinski definition) is 3. The Kier molecular flexibility index (Phi) is 4.66. The molecule has 110 valence electrons. The van der Waals surface area contributed by atoms with E-state index in [4.69, 9.17) is 4.74 Å². The highest BCUT2D eigenvalue weighted by molar-refractivity contribution is 9.13. The number of rotatable bonds is 2. The van der Waals surface area contributed by atoms with Gasteiger partial charge in [-0.05, 0) is 43.8 Å². The zero-order valence-corrected chi connectivity index (χ0v) is 15.1. The third-order valence-corrected chi connectivity index (χ3v) is 7.04. The molecule has 3 nitrogen and oxygen atoms in total. The number of fused-ring (bicyclic) bond motifs is 1. The van der Waals surface area contributed by atoms with Gasteiger partial charge in [-0.2, -0.15) is 0 Å². The van der Waals surface area contributed by atoms with Crippen LogP contribution >= 0.6 is 43.2 Å². The molecular weight excluding hydrogens is 418 g/mol. The molecule has 0 aliphatic carbocycles. The Bertz CT molecular complexity index is 657. The largest absolute Gasteiger partial charge is 0.445 e. The van der Waals surface area contributed by atoms with Crippen LogP contribution in [0.5, 0.6) is 0 Å². The average Bonchev–Trinajstić information content (AvgIpc) is 2.80. The van der Waals surface area contributed by atoms with E-state index in [1.54, 1.807) is 16.2 Å². The van der Waals surface area contributed by atoms with Crippen molar-refractivity contribution in [3.8, 4) is 0 Å². The van der Waals surface area contributed by atoms with Crippen LogP contribution < -0.4 is 0 Å². The normalized spacial score (nSPS) is 13.9. The number of amides is 1. The van der Waals surface area contributed by atoms with Gasteiger partial charge in [-0.1, -0.05) is 30.3 Å². The Morgan fingerprint density at radius 2 is 2.05 bits per heavy atom. The van der Waals surface area contributed by atoms with Crippen LogP contribution in [0.1, 0.15) is 16.0 Å². The molecule has 1 aromatic heterocycles. The van der Waals surface area contributed by atoms with Crippen LogP contribution in [0.2, 0.25) is 0 Å². The smallest absolute Gasteiger partial charge is 0.410 e. The number of carbonyl (C=O) groups is 1. The van der Waals surface area contributed by atoms with Gasteiger partial charge in [0.25, 0.3) is 0 Å². The highest BCUT2D eigenvalue weighted by atomic mass is 79.9. The van der Waals surface area contributed by atoms with Crippen molar-refractivity contribution < 1.29 is 9.53 Å². The molecule has 0 spiro atoms. The van der Waals surface area contributed by atoms with E-state index in [0.29, 0.717) is 19.7 Å². The van der Waals surface area contributed by atoms with E-state index in [0.717, 1.165) is 20.2 Å². The molecule has 1 aliphatic heterocycles. The van der Waals surface area contributed by atoms with Crippen molar-refractivity contribution in [3.63, 3.8) is 0 Å². The first-order chi connectivity index (χ1) is 10.1. The number of benzene rings is 1. The van der Waals surface area contributed by atoms with E-state index in [2.05, 4.69) is 31.9 Å². The van der Waals surface area contributed by atoms with Crippen molar-refractivity contribution in [2.75, 3.05) is 6.54 Å². The third-order valence-electron chi connectivity index (χ3n) is 3.41. The number of hydrogen-bond donors (Lipinski definition) is 0. The van der Waals surface area contributed by atoms with Crippen LogP contribution in [0.25, 0.3) is 0 Å². The van der Waals surface area contributed by atoms with Crippen molar-refractivity contribution in [2.45, 2.75) is 19.6 Å². The van der Waals surface area contributed by atoms with Gasteiger partial charge in [-0.3, -0.25) is 0 Å². The molecule has 0 N–H and O–H groups in total. The fraction of sp³-hybridized carbons (Fsp3) is 0.267. The lowest BCUT2D eigenvalue weighted by atomic mass is 10.1. The van der Waals surface area contributed by atoms with E-state index in [1.165, 1.54) is 10.4 Å². The van der Waals surface area contributed by atoms with Gasteiger partial charge in [0.1, 0.15) is 6.61 Å². The summed E-state index contributed by atoms with van der Waals surface area (Å²) in [6, 6.07) is 9.73. The predicted molar refractivity (Wildman–Crippen MR) is 90.5 cm³/mol. The summed E-state index contributed by atoms with van der Waals surface area (Å²) in [5.74, 6) is 0. The van der Waals surface area contributed by atoms with Crippen LogP contribution in [0.4, 0.5) is 4.79 Å². The second-order valence-electron chi connectivity index (χ2n) is 4.80. The molecule has 0 radical (unpaired) electrons. The van der Waals surface area contributed by atoms with Crippen molar-refractivity contribution in [1.82, 2.24) is 4.90 Å². The average molecular weight is 431 g/mol. The van der Waals surface area contributed by atoms with Gasteiger partial charge in [-0.15, -0.1) is 11.3 Å². The molecule has 0 atom stereocenters. The second-order valence-corrected chi connectivity index (χ2v) is 8.02. The van der Waals surface area contributed by atoms with Crippen molar-refractivity contribution in [1.29, 1.82) is 0 Å². The van der Waals surface area contributed by atoms with E-state index < -0.39 is 0 Å². The van der Waals surface area contributed by atoms with Gasteiger partial charge >= 0.3 is 6.09 Å². The minimum absolute atomic E-state index is 0.251. The highest BCUT2D eigenvalue weighted by Crippen LogP contribution is 2.40. The zero-order valence-electron chi connectivity index (χ0n) is 11.1. The van der Waals surface area contributed by atoms with E-state index in [-0.39, 0.29) is 6.09 Å². The summed E-state index contributed by atoms with van der Waals surface area (Å²) in [7, 11) is 0. The molecule has 1 amide bonds. The maximum absolute atomic E-state index is 12.2. The molecule has 0 saturated heterocycles. The molecule has 0 bridgehead atoms. The zero-order chi connectivity index (χ0) is 14.8. The fourth-order valence-corrected chi connectivity index (χ4v) is 4.76. The maximum atomic E-state index is 12.2. The summed E-state index contributed by atoms with van der Waals surface area (Å²) in [6.45, 7) is 1.63. The predicted octanol–water partition coefficient (Wildman–Crippen LogP) is 4.97. The molecule has 0 saturated carbocycles. The van der Waals surface area contributed by atoms with Gasteiger partial charge in [0.15, 0.2) is 0 Å². The van der Waals surface area contributed by atoms with Gasteiger partial charge in [0.05, 0.1) is 10.3 Å². The Morgan fingerprint density at radius 3 is 2.81 bits per heavy atom. The van der Waals surface area contributed by atoms with Crippen LogP contribution in [0.3, 0.4) is 0 Å². The van der Waals surface area contributed by atoms with Crippen LogP contribution in [-0.4, -0.2) is 17.5 Å². The van der Waals surface area contributed by atoms with E-state index in [1.807, 2.05) is 30.3 Å². The summed E-state index contributed by atoms with van der Waals surface area (Å²) in [6.07, 6.45) is 0.628. The summed E-state index contributed by atoms with van der Waals surface area (Å²) in [5.41, 5.74) is 2.19. The highest BCUT2D eigenvalue weighted by Gasteiger charge is 2.26. The summed E-state index contributed by atoms with van der Waals surface area (Å²) < 4.78 is 7.54. The topological polar surface area (TPSA) is 29.5 Å². The Balaban J connectivity index is 1.63. The number of ether oxygens (including phenoxy) is 1. The molecule has 2 heterocycles. The van der Waals surface area contributed by atoms with Crippen molar-refractivity contribution in [3.05, 3.63) is 54.6 Å². The van der Waals surface area contributed by atoms with E-state index >= 15 is 0 Å². The SMILES string of the molecule is O=C(OCc1ccccc1)N1CCc2sc(Br)c(Br)c2C1. The summed E-state index contributed by atoms with van der Waals surface area (Å²) in [5, 5.41) is 0. The van der Waals surface area contributed by atoms with Crippen LogP contribution in [0, 0.1) is 0 Å². The maximum Gasteiger partial charge on any atom is 0.410 e. The lowest BCUT2D eigenvalue weighted by Crippen LogP contribution is -2.35. The molecule has 2 aromatic rings. The molecule has 1 aliphatic rings. The lowest BCUT2D eigenvalue weighted by molar-refractivity contribution is 0.0920. The first-order valence-corrected chi connectivity index (χ1v) is 8.96. The third kappa shape index (κ3) is 3.33. The minimum Gasteiger partial charge on any atom is -0.445 e. The van der Waals surface area contributed by atoms with E-state index in [9.17, 15) is 4.79 Å². The summed E-state index contributed by atoms with van der Waals surface area (Å²) in [4.78, 5) is 15.3. The molecule has 3 rings (SSSR count). The molecule has 0 fully saturated rings. The summed E-state index contributed by atoms with van der Waals surface area (Å²) >= 11 is 8.84. The number of halogens is 2. The minimum atomic E-state index is -0.251. The first-order valence-electron chi connectivity index (χ1n) is 6.56. The number of carbonyl (C=O) groups excluding carboxylic acids is 1. The molecular formula is C15H13Br2NO2S. The van der Waals surface area contributed by atoms with Gasteiger partial charge in [0, 0.05) is 21.5 Å². The fourth-order valence-electron chi connectivity index (χ4n) is 2.29. The van der Waals surface area contributed by atoms with Crippen LogP contribution in [0.15, 0.2) is 38.6 Å². The second kappa shape index (κ2) is 6.50. The Labute approximate surface area is 144 Å². The van der Waals surface area contributed by atoms with Crippen molar-refractivity contribution in [2.24, 2.45) is 0 Å². The number of thiophene rings is 1.